The molecule has 1 aliphatic rings. The summed E-state index contributed by atoms with van der Waals surface area (Å²) in [5.41, 5.74) is 1.04. The van der Waals surface area contributed by atoms with Crippen molar-refractivity contribution >= 4 is 21.4 Å². The summed E-state index contributed by atoms with van der Waals surface area (Å²) in [6.45, 7) is 5.46. The number of hydrogen-bond acceptors (Lipinski definition) is 4. The maximum Gasteiger partial charge on any atom is 0.250 e. The molecule has 1 saturated carbocycles. The third kappa shape index (κ3) is 3.61. The van der Waals surface area contributed by atoms with Gasteiger partial charge in [-0.05, 0) is 43.9 Å². The van der Waals surface area contributed by atoms with Crippen LogP contribution in [0.25, 0.3) is 0 Å². The number of sulfonamides is 1. The Labute approximate surface area is 126 Å². The summed E-state index contributed by atoms with van der Waals surface area (Å²) in [7, 11) is -1.48. The van der Waals surface area contributed by atoms with E-state index in [0.29, 0.717) is 29.1 Å². The van der Waals surface area contributed by atoms with Crippen LogP contribution in [0.3, 0.4) is 0 Å². The van der Waals surface area contributed by atoms with Crippen molar-refractivity contribution in [1.29, 1.82) is 0 Å². The molecule has 0 spiro atoms. The van der Waals surface area contributed by atoms with Gasteiger partial charge in [0.1, 0.15) is 4.21 Å². The van der Waals surface area contributed by atoms with Gasteiger partial charge in [-0.3, -0.25) is 0 Å². The fourth-order valence-electron chi connectivity index (χ4n) is 2.77. The van der Waals surface area contributed by atoms with Crippen molar-refractivity contribution in [3.63, 3.8) is 0 Å². The van der Waals surface area contributed by atoms with E-state index in [0.717, 1.165) is 16.9 Å². The van der Waals surface area contributed by atoms with Crippen molar-refractivity contribution < 1.29 is 8.42 Å². The van der Waals surface area contributed by atoms with Crippen molar-refractivity contribution in [3.8, 4) is 0 Å². The molecular formula is C14H24N2O2S2. The Balaban J connectivity index is 2.04. The van der Waals surface area contributed by atoms with Crippen LogP contribution in [0, 0.1) is 18.8 Å². The van der Waals surface area contributed by atoms with Crippen molar-refractivity contribution in [2.45, 2.75) is 43.9 Å². The molecule has 2 rings (SSSR count). The molecule has 1 heterocycles. The van der Waals surface area contributed by atoms with Gasteiger partial charge >= 0.3 is 0 Å². The quantitative estimate of drug-likeness (QED) is 0.848. The third-order valence-electron chi connectivity index (χ3n) is 4.17. The summed E-state index contributed by atoms with van der Waals surface area (Å²) < 4.78 is 27.9. The molecule has 1 aromatic rings. The lowest BCUT2D eigenvalue weighted by Crippen LogP contribution is -2.29. The summed E-state index contributed by atoms with van der Waals surface area (Å²) in [5, 5.41) is 3.07. The average molecular weight is 316 g/mol. The maximum atomic E-state index is 12.3. The molecule has 0 bridgehead atoms. The number of nitrogens with one attached hydrogen (secondary N) is 2. The van der Waals surface area contributed by atoms with Crippen LogP contribution in [0.1, 0.15) is 36.6 Å². The summed E-state index contributed by atoms with van der Waals surface area (Å²) in [6, 6.07) is 1.78. The van der Waals surface area contributed by atoms with Gasteiger partial charge < -0.3 is 5.32 Å². The van der Waals surface area contributed by atoms with E-state index in [1.165, 1.54) is 24.2 Å². The highest BCUT2D eigenvalue weighted by molar-refractivity contribution is 7.91. The van der Waals surface area contributed by atoms with E-state index in [1.807, 2.05) is 14.0 Å². The zero-order valence-electron chi connectivity index (χ0n) is 12.4. The van der Waals surface area contributed by atoms with E-state index in [2.05, 4.69) is 17.0 Å². The second-order valence-electron chi connectivity index (χ2n) is 5.72. The van der Waals surface area contributed by atoms with Crippen molar-refractivity contribution in [2.24, 2.45) is 11.8 Å². The van der Waals surface area contributed by atoms with Gasteiger partial charge in [0.2, 0.25) is 10.0 Å². The highest BCUT2D eigenvalue weighted by atomic mass is 32.2. The van der Waals surface area contributed by atoms with E-state index >= 15 is 0 Å². The minimum absolute atomic E-state index is 0.436. The van der Waals surface area contributed by atoms with Crippen LogP contribution in [0.4, 0.5) is 0 Å². The minimum Gasteiger partial charge on any atom is -0.315 e. The molecule has 2 N–H and O–H groups in total. The highest BCUT2D eigenvalue weighted by Gasteiger charge is 2.26. The molecule has 1 fully saturated rings. The first-order valence-electron chi connectivity index (χ1n) is 7.17. The SMILES string of the molecule is CNCc1sc(S(=O)(=O)NCC2CCCC2C)cc1C. The lowest BCUT2D eigenvalue weighted by atomic mass is 9.99. The smallest absolute Gasteiger partial charge is 0.250 e. The first kappa shape index (κ1) is 15.9. The molecule has 6 heteroatoms. The molecule has 0 amide bonds. The molecule has 1 aromatic heterocycles. The lowest BCUT2D eigenvalue weighted by Gasteiger charge is -2.15. The molecule has 0 aromatic carbocycles. The topological polar surface area (TPSA) is 58.2 Å². The molecular weight excluding hydrogens is 292 g/mol. The van der Waals surface area contributed by atoms with Gasteiger partial charge in [-0.1, -0.05) is 19.8 Å². The zero-order chi connectivity index (χ0) is 14.8. The Morgan fingerprint density at radius 1 is 1.40 bits per heavy atom. The van der Waals surface area contributed by atoms with Crippen molar-refractivity contribution in [1.82, 2.24) is 10.0 Å². The first-order valence-corrected chi connectivity index (χ1v) is 9.47. The first-order chi connectivity index (χ1) is 9.44. The molecule has 2 atom stereocenters. The Bertz CT molecular complexity index is 552. The molecule has 0 saturated heterocycles. The molecule has 0 radical (unpaired) electrons. The Morgan fingerprint density at radius 3 is 2.75 bits per heavy atom. The number of aryl methyl sites for hydroxylation is 1. The van der Waals surface area contributed by atoms with E-state index in [-0.39, 0.29) is 0 Å². The molecule has 1 aliphatic carbocycles. The van der Waals surface area contributed by atoms with Gasteiger partial charge in [0.05, 0.1) is 0 Å². The highest BCUT2D eigenvalue weighted by Crippen LogP contribution is 2.31. The van der Waals surface area contributed by atoms with Gasteiger partial charge in [0.15, 0.2) is 0 Å². The summed E-state index contributed by atoms with van der Waals surface area (Å²) in [6.07, 6.45) is 3.58. The summed E-state index contributed by atoms with van der Waals surface area (Å²) >= 11 is 1.36. The van der Waals surface area contributed by atoms with Crippen LogP contribution in [0.15, 0.2) is 10.3 Å². The van der Waals surface area contributed by atoms with Crippen LogP contribution < -0.4 is 10.0 Å². The number of thiophene rings is 1. The monoisotopic (exact) mass is 316 g/mol. The number of rotatable bonds is 6. The van der Waals surface area contributed by atoms with Gasteiger partial charge in [-0.2, -0.15) is 0 Å². The summed E-state index contributed by atoms with van der Waals surface area (Å²) in [5.74, 6) is 1.12. The van der Waals surface area contributed by atoms with Gasteiger partial charge in [0.25, 0.3) is 0 Å². The zero-order valence-corrected chi connectivity index (χ0v) is 14.0. The van der Waals surface area contributed by atoms with Gasteiger partial charge in [-0.25, -0.2) is 13.1 Å². The average Bonchev–Trinajstić information content (AvgIpc) is 2.95. The molecule has 20 heavy (non-hydrogen) atoms. The van der Waals surface area contributed by atoms with Crippen LogP contribution in [0.5, 0.6) is 0 Å². The fraction of sp³-hybridized carbons (Fsp3) is 0.714. The van der Waals surface area contributed by atoms with Gasteiger partial charge in [0, 0.05) is 18.0 Å². The van der Waals surface area contributed by atoms with Crippen molar-refractivity contribution in [2.75, 3.05) is 13.6 Å². The Hall–Kier alpha value is -0.430. The normalized spacial score (nSPS) is 23.4. The lowest BCUT2D eigenvalue weighted by molar-refractivity contribution is 0.414. The largest absolute Gasteiger partial charge is 0.315 e. The van der Waals surface area contributed by atoms with E-state index < -0.39 is 10.0 Å². The second-order valence-corrected chi connectivity index (χ2v) is 8.85. The van der Waals surface area contributed by atoms with Crippen LogP contribution in [-0.4, -0.2) is 22.0 Å². The van der Waals surface area contributed by atoms with Crippen molar-refractivity contribution in [3.05, 3.63) is 16.5 Å². The Kier molecular flexibility index (Phi) is 5.23. The molecule has 4 nitrogen and oxygen atoms in total. The van der Waals surface area contributed by atoms with Crippen LogP contribution >= 0.6 is 11.3 Å². The fourth-order valence-corrected chi connectivity index (χ4v) is 5.51. The van der Waals surface area contributed by atoms with E-state index in [1.54, 1.807) is 6.07 Å². The second kappa shape index (κ2) is 6.56. The van der Waals surface area contributed by atoms with E-state index in [4.69, 9.17) is 0 Å². The van der Waals surface area contributed by atoms with Crippen LogP contribution in [-0.2, 0) is 16.6 Å². The third-order valence-corrected chi connectivity index (χ3v) is 7.31. The molecule has 2 unspecified atom stereocenters. The predicted molar refractivity (Wildman–Crippen MR) is 83.5 cm³/mol. The van der Waals surface area contributed by atoms with E-state index in [9.17, 15) is 8.42 Å². The predicted octanol–water partition coefficient (Wildman–Crippen LogP) is 2.49. The minimum atomic E-state index is -3.35. The summed E-state index contributed by atoms with van der Waals surface area (Å²) in [4.78, 5) is 1.09. The number of hydrogen-bond donors (Lipinski definition) is 2. The molecule has 114 valence electrons. The van der Waals surface area contributed by atoms with Gasteiger partial charge in [-0.15, -0.1) is 11.3 Å². The Morgan fingerprint density at radius 2 is 2.15 bits per heavy atom. The maximum absolute atomic E-state index is 12.3. The van der Waals surface area contributed by atoms with Crippen LogP contribution in [0.2, 0.25) is 0 Å². The molecule has 0 aliphatic heterocycles. The standard InChI is InChI=1S/C14H24N2O2S2/c1-10-5-4-6-12(10)8-16-20(17,18)14-7-11(2)13(19-14)9-15-3/h7,10,12,15-16H,4-6,8-9H2,1-3H3.